The molecule has 0 aromatic heterocycles. The van der Waals surface area contributed by atoms with Crippen LogP contribution < -0.4 is 0 Å². The van der Waals surface area contributed by atoms with Crippen LogP contribution >= 0.6 is 39.3 Å². The van der Waals surface area contributed by atoms with Gasteiger partial charge in [-0.15, -0.1) is 11.8 Å². The molecule has 3 heteroatoms. The first kappa shape index (κ1) is 11.4. The van der Waals surface area contributed by atoms with E-state index in [1.807, 2.05) is 36.0 Å². The number of hydrogen-bond acceptors (Lipinski definition) is 1. The van der Waals surface area contributed by atoms with Crippen molar-refractivity contribution in [1.29, 1.82) is 0 Å². The molecule has 0 N–H and O–H groups in total. The highest BCUT2D eigenvalue weighted by Crippen LogP contribution is 2.28. The molecule has 0 bridgehead atoms. The molecule has 1 aromatic carbocycles. The fraction of sp³-hybridized carbons (Fsp3) is 0.400. The summed E-state index contributed by atoms with van der Waals surface area (Å²) in [5, 5.41) is 0.794. The molecular formula is C10H12BrClS. The predicted molar refractivity (Wildman–Crippen MR) is 65.2 cm³/mol. The molecule has 0 amide bonds. The van der Waals surface area contributed by atoms with Crippen LogP contribution in [0.5, 0.6) is 0 Å². The molecule has 0 fully saturated rings. The molecule has 0 unspecified atom stereocenters. The molecule has 0 nitrogen and oxygen atoms in total. The summed E-state index contributed by atoms with van der Waals surface area (Å²) < 4.78 is 0.192. The fourth-order valence-electron chi connectivity index (χ4n) is 0.786. The SMILES string of the molecule is CC(C)(Br)CSc1ccc(Cl)cc1. The second-order valence-electron chi connectivity index (χ2n) is 3.46. The number of thioether (sulfide) groups is 1. The zero-order valence-corrected chi connectivity index (χ0v) is 10.8. The van der Waals surface area contributed by atoms with Crippen molar-refractivity contribution in [2.24, 2.45) is 0 Å². The monoisotopic (exact) mass is 278 g/mol. The summed E-state index contributed by atoms with van der Waals surface area (Å²) in [6.07, 6.45) is 0. The maximum Gasteiger partial charge on any atom is 0.0406 e. The van der Waals surface area contributed by atoms with E-state index in [9.17, 15) is 0 Å². The molecule has 0 heterocycles. The van der Waals surface area contributed by atoms with Crippen molar-refractivity contribution >= 4 is 39.3 Å². The van der Waals surface area contributed by atoms with Crippen LogP contribution in [0.3, 0.4) is 0 Å². The highest BCUT2D eigenvalue weighted by molar-refractivity contribution is 9.10. The van der Waals surface area contributed by atoms with Gasteiger partial charge in [-0.3, -0.25) is 0 Å². The van der Waals surface area contributed by atoms with Crippen LogP contribution in [0.2, 0.25) is 5.02 Å². The van der Waals surface area contributed by atoms with Gasteiger partial charge in [0, 0.05) is 20.0 Å². The zero-order valence-electron chi connectivity index (χ0n) is 7.68. The van der Waals surface area contributed by atoms with Gasteiger partial charge in [0.05, 0.1) is 0 Å². The summed E-state index contributed by atoms with van der Waals surface area (Å²) in [6.45, 7) is 4.33. The first-order valence-electron chi connectivity index (χ1n) is 4.05. The van der Waals surface area contributed by atoms with Crippen molar-refractivity contribution in [3.63, 3.8) is 0 Å². The Bertz CT molecular complexity index is 263. The van der Waals surface area contributed by atoms with Gasteiger partial charge in [0.15, 0.2) is 0 Å². The molecular weight excluding hydrogens is 268 g/mol. The van der Waals surface area contributed by atoms with Gasteiger partial charge in [0.2, 0.25) is 0 Å². The van der Waals surface area contributed by atoms with Gasteiger partial charge in [0.1, 0.15) is 0 Å². The van der Waals surface area contributed by atoms with Crippen LogP contribution in [0.15, 0.2) is 29.2 Å². The van der Waals surface area contributed by atoms with E-state index in [-0.39, 0.29) is 4.32 Å². The lowest BCUT2D eigenvalue weighted by atomic mass is 10.3. The van der Waals surface area contributed by atoms with Crippen molar-refractivity contribution in [3.8, 4) is 0 Å². The lowest BCUT2D eigenvalue weighted by molar-refractivity contribution is 0.837. The summed E-state index contributed by atoms with van der Waals surface area (Å²) in [6, 6.07) is 7.94. The molecule has 0 radical (unpaired) electrons. The van der Waals surface area contributed by atoms with E-state index >= 15 is 0 Å². The topological polar surface area (TPSA) is 0 Å². The summed E-state index contributed by atoms with van der Waals surface area (Å²) in [5.41, 5.74) is 0. The van der Waals surface area contributed by atoms with Crippen LogP contribution in [-0.4, -0.2) is 10.1 Å². The van der Waals surface area contributed by atoms with Crippen LogP contribution in [0, 0.1) is 0 Å². The minimum absolute atomic E-state index is 0.192. The molecule has 0 saturated carbocycles. The van der Waals surface area contributed by atoms with Crippen molar-refractivity contribution in [3.05, 3.63) is 29.3 Å². The van der Waals surface area contributed by atoms with Crippen molar-refractivity contribution < 1.29 is 0 Å². The Labute approximate surface area is 97.2 Å². The summed E-state index contributed by atoms with van der Waals surface area (Å²) in [7, 11) is 0. The number of hydrogen-bond donors (Lipinski definition) is 0. The molecule has 1 rings (SSSR count). The average molecular weight is 280 g/mol. The molecule has 72 valence electrons. The molecule has 0 atom stereocenters. The Morgan fingerprint density at radius 2 is 1.85 bits per heavy atom. The summed E-state index contributed by atoms with van der Waals surface area (Å²) >= 11 is 11.2. The van der Waals surface area contributed by atoms with Crippen molar-refractivity contribution in [2.75, 3.05) is 5.75 Å². The van der Waals surface area contributed by atoms with E-state index in [0.717, 1.165) is 10.8 Å². The minimum Gasteiger partial charge on any atom is -0.125 e. The Balaban J connectivity index is 2.51. The standard InChI is InChI=1S/C10H12BrClS/c1-10(2,11)7-13-9-5-3-8(12)4-6-9/h3-6H,7H2,1-2H3. The lowest BCUT2D eigenvalue weighted by Gasteiger charge is -2.14. The first-order chi connectivity index (χ1) is 5.97. The van der Waals surface area contributed by atoms with Gasteiger partial charge in [-0.2, -0.15) is 0 Å². The number of alkyl halides is 1. The molecule has 0 spiro atoms. The van der Waals surface area contributed by atoms with E-state index in [0.29, 0.717) is 0 Å². The first-order valence-corrected chi connectivity index (χ1v) is 6.20. The summed E-state index contributed by atoms with van der Waals surface area (Å²) in [4.78, 5) is 1.26. The molecule has 0 saturated heterocycles. The molecule has 0 aliphatic rings. The Hall–Kier alpha value is 0.340. The number of benzene rings is 1. The summed E-state index contributed by atoms with van der Waals surface area (Å²) in [5.74, 6) is 1.05. The molecule has 0 aliphatic heterocycles. The van der Waals surface area contributed by atoms with Gasteiger partial charge in [0.25, 0.3) is 0 Å². The van der Waals surface area contributed by atoms with Crippen molar-refractivity contribution in [2.45, 2.75) is 23.1 Å². The van der Waals surface area contributed by atoms with E-state index in [2.05, 4.69) is 29.8 Å². The minimum atomic E-state index is 0.192. The second kappa shape index (κ2) is 4.72. The Kier molecular flexibility index (Phi) is 4.14. The molecule has 0 aliphatic carbocycles. The smallest absolute Gasteiger partial charge is 0.0406 e. The highest BCUT2D eigenvalue weighted by atomic mass is 79.9. The Morgan fingerprint density at radius 3 is 2.31 bits per heavy atom. The van der Waals surface area contributed by atoms with E-state index in [4.69, 9.17) is 11.6 Å². The van der Waals surface area contributed by atoms with Gasteiger partial charge < -0.3 is 0 Å². The second-order valence-corrected chi connectivity index (χ2v) is 7.09. The van der Waals surface area contributed by atoms with Crippen molar-refractivity contribution in [1.82, 2.24) is 0 Å². The normalized spacial score (nSPS) is 11.7. The molecule has 13 heavy (non-hydrogen) atoms. The fourth-order valence-corrected chi connectivity index (χ4v) is 2.09. The van der Waals surface area contributed by atoms with Crippen LogP contribution in [0.25, 0.3) is 0 Å². The number of halogens is 2. The Morgan fingerprint density at radius 1 is 1.31 bits per heavy atom. The highest BCUT2D eigenvalue weighted by Gasteiger charge is 2.12. The lowest BCUT2D eigenvalue weighted by Crippen LogP contribution is -2.12. The zero-order chi connectivity index (χ0) is 9.90. The van der Waals surface area contributed by atoms with Crippen LogP contribution in [0.4, 0.5) is 0 Å². The van der Waals surface area contributed by atoms with Gasteiger partial charge in [-0.05, 0) is 38.1 Å². The molecule has 1 aromatic rings. The van der Waals surface area contributed by atoms with Gasteiger partial charge in [-0.25, -0.2) is 0 Å². The van der Waals surface area contributed by atoms with E-state index in [1.165, 1.54) is 4.90 Å². The predicted octanol–water partition coefficient (Wildman–Crippen LogP) is 4.61. The van der Waals surface area contributed by atoms with Crippen LogP contribution in [0.1, 0.15) is 13.8 Å². The van der Waals surface area contributed by atoms with Gasteiger partial charge >= 0.3 is 0 Å². The largest absolute Gasteiger partial charge is 0.125 e. The van der Waals surface area contributed by atoms with Gasteiger partial charge in [-0.1, -0.05) is 27.5 Å². The third-order valence-corrected chi connectivity index (χ3v) is 3.77. The third-order valence-electron chi connectivity index (χ3n) is 1.40. The average Bonchev–Trinajstić information content (AvgIpc) is 2.02. The number of rotatable bonds is 3. The van der Waals surface area contributed by atoms with Crippen LogP contribution in [-0.2, 0) is 0 Å². The quantitative estimate of drug-likeness (QED) is 0.575. The van der Waals surface area contributed by atoms with E-state index in [1.54, 1.807) is 0 Å². The maximum atomic E-state index is 5.78. The maximum absolute atomic E-state index is 5.78. The third kappa shape index (κ3) is 4.94. The van der Waals surface area contributed by atoms with E-state index < -0.39 is 0 Å².